The van der Waals surface area contributed by atoms with Gasteiger partial charge >= 0.3 is 11.8 Å². The molecule has 1 fully saturated rings. The molecule has 1 saturated carbocycles. The first-order chi connectivity index (χ1) is 18.2. The van der Waals surface area contributed by atoms with E-state index in [1.54, 1.807) is 0 Å². The Morgan fingerprint density at radius 3 is 2.46 bits per heavy atom. The van der Waals surface area contributed by atoms with Crippen molar-refractivity contribution in [3.8, 4) is 0 Å². The third-order valence-electron chi connectivity index (χ3n) is 6.02. The molecule has 0 saturated heterocycles. The first kappa shape index (κ1) is 29.7. The number of benzene rings is 1. The second-order valence-electron chi connectivity index (χ2n) is 9.00. The highest BCUT2D eigenvalue weighted by atomic mass is 127. The number of allylic oxidation sites excluding steroid dienone is 2. The number of pyridine rings is 1. The van der Waals surface area contributed by atoms with Crippen molar-refractivity contribution in [1.29, 1.82) is 0 Å². The molecule has 2 aliphatic rings. The molecule has 1 amide bonds. The van der Waals surface area contributed by atoms with E-state index >= 15 is 17.6 Å². The van der Waals surface area contributed by atoms with Gasteiger partial charge in [-0.3, -0.25) is 14.6 Å². The summed E-state index contributed by atoms with van der Waals surface area (Å²) in [5.41, 5.74) is -0.436. The second kappa shape index (κ2) is 11.3. The Labute approximate surface area is 240 Å². The number of amides is 1. The molecule has 0 aliphatic heterocycles. The predicted molar refractivity (Wildman–Crippen MR) is 144 cm³/mol. The maximum absolute atomic E-state index is 15.6. The average molecular weight is 701 g/mol. The summed E-state index contributed by atoms with van der Waals surface area (Å²) in [5.74, 6) is -11.6. The van der Waals surface area contributed by atoms with Crippen molar-refractivity contribution in [3.63, 3.8) is 0 Å². The predicted octanol–water partition coefficient (Wildman–Crippen LogP) is 5.09. The summed E-state index contributed by atoms with van der Waals surface area (Å²) in [5, 5.41) is 2.06. The van der Waals surface area contributed by atoms with Gasteiger partial charge in [-0.25, -0.2) is 13.9 Å². The van der Waals surface area contributed by atoms with E-state index in [0.717, 1.165) is 19.9 Å². The van der Waals surface area contributed by atoms with Crippen LogP contribution >= 0.6 is 34.2 Å². The molecule has 0 unspecified atom stereocenters. The van der Waals surface area contributed by atoms with Gasteiger partial charge < -0.3 is 5.32 Å². The van der Waals surface area contributed by atoms with Gasteiger partial charge in [-0.1, -0.05) is 11.6 Å². The number of carbonyl (C=O) groups is 1. The summed E-state index contributed by atoms with van der Waals surface area (Å²) >= 11 is 8.03. The molecule has 0 bridgehead atoms. The fourth-order valence-electron chi connectivity index (χ4n) is 3.62. The Morgan fingerprint density at radius 2 is 1.85 bits per heavy atom. The number of rotatable bonds is 10. The van der Waals surface area contributed by atoms with Crippen LogP contribution in [0.5, 0.6) is 0 Å². The first-order valence-corrected chi connectivity index (χ1v) is 14.4. The van der Waals surface area contributed by atoms with E-state index in [1.807, 2.05) is 28.1 Å². The SMILES string of the molecule is CN(Cc1ccncc1)S(=O)(=O)C1=CC(C(=O)NOCC2CC2)=C(Nc2ccc(I)cc2Cl)C(F)(F)C1(F)F. The maximum Gasteiger partial charge on any atom is 0.355 e. The average Bonchev–Trinajstić information content (AvgIpc) is 3.68. The number of hydroxylamine groups is 1. The van der Waals surface area contributed by atoms with Gasteiger partial charge in [0.25, 0.3) is 5.91 Å². The fraction of sp³-hybridized carbons (Fsp3) is 0.333. The number of aromatic nitrogens is 1. The lowest BCUT2D eigenvalue weighted by atomic mass is 9.95. The van der Waals surface area contributed by atoms with E-state index in [-0.39, 0.29) is 29.3 Å². The van der Waals surface area contributed by atoms with E-state index in [1.165, 1.54) is 42.7 Å². The molecule has 0 spiro atoms. The first-order valence-electron chi connectivity index (χ1n) is 11.5. The van der Waals surface area contributed by atoms with Crippen LogP contribution in [0.25, 0.3) is 0 Å². The minimum absolute atomic E-state index is 0.0842. The number of hydrogen-bond donors (Lipinski definition) is 2. The van der Waals surface area contributed by atoms with Crippen molar-refractivity contribution in [2.24, 2.45) is 5.92 Å². The van der Waals surface area contributed by atoms with Crippen LogP contribution in [0, 0.1) is 9.49 Å². The smallest absolute Gasteiger partial charge is 0.352 e. The number of nitrogens with zero attached hydrogens (tertiary/aromatic N) is 2. The summed E-state index contributed by atoms with van der Waals surface area (Å²) < 4.78 is 89.7. The molecule has 210 valence electrons. The van der Waals surface area contributed by atoms with E-state index in [0.29, 0.717) is 13.4 Å². The van der Waals surface area contributed by atoms with Crippen molar-refractivity contribution in [1.82, 2.24) is 14.8 Å². The van der Waals surface area contributed by atoms with Crippen LogP contribution in [0.4, 0.5) is 23.2 Å². The Bertz CT molecular complexity index is 1440. The Hall–Kier alpha value is -2.27. The minimum atomic E-state index is -5.24. The highest BCUT2D eigenvalue weighted by Gasteiger charge is 2.67. The summed E-state index contributed by atoms with van der Waals surface area (Å²) in [6, 6.07) is 7.02. The van der Waals surface area contributed by atoms with Gasteiger partial charge in [-0.2, -0.15) is 21.9 Å². The lowest BCUT2D eigenvalue weighted by Crippen LogP contribution is -2.52. The Kier molecular flexibility index (Phi) is 8.61. The van der Waals surface area contributed by atoms with E-state index in [4.69, 9.17) is 16.4 Å². The molecule has 2 aromatic rings. The minimum Gasteiger partial charge on any atom is -0.352 e. The van der Waals surface area contributed by atoms with Crippen LogP contribution < -0.4 is 10.8 Å². The number of sulfonamides is 1. The highest BCUT2D eigenvalue weighted by molar-refractivity contribution is 14.1. The number of halogens is 6. The third kappa shape index (κ3) is 6.24. The summed E-state index contributed by atoms with van der Waals surface area (Å²) in [6.07, 6.45) is 4.67. The van der Waals surface area contributed by atoms with Crippen molar-refractivity contribution in [2.75, 3.05) is 19.0 Å². The van der Waals surface area contributed by atoms with Gasteiger partial charge in [0.15, 0.2) is 0 Å². The molecule has 2 N–H and O–H groups in total. The van der Waals surface area contributed by atoms with E-state index in [2.05, 4.69) is 10.3 Å². The number of anilines is 1. The Balaban J connectivity index is 1.80. The van der Waals surface area contributed by atoms with Gasteiger partial charge in [0.1, 0.15) is 10.6 Å². The zero-order chi connectivity index (χ0) is 28.6. The molecular weight excluding hydrogens is 679 g/mol. The molecule has 0 atom stereocenters. The number of hydrogen-bond acceptors (Lipinski definition) is 6. The zero-order valence-electron chi connectivity index (χ0n) is 20.2. The second-order valence-corrected chi connectivity index (χ2v) is 12.7. The number of alkyl halides is 4. The lowest BCUT2D eigenvalue weighted by Gasteiger charge is -2.36. The molecule has 8 nitrogen and oxygen atoms in total. The molecule has 4 rings (SSSR count). The van der Waals surface area contributed by atoms with Crippen molar-refractivity contribution in [2.45, 2.75) is 31.2 Å². The monoisotopic (exact) mass is 700 g/mol. The van der Waals surface area contributed by atoms with Gasteiger partial charge in [0, 0.05) is 29.6 Å². The standard InChI is InChI=1S/C24H22ClF4IN4O4S/c1-34(12-14-6-8-31-9-7-14)39(36,37)20-11-17(22(35)33-38-13-15-2-3-15)21(24(28,29)23(20,26)27)32-19-5-4-16(30)10-18(19)25/h4-11,15,32H,2-3,12-13H2,1H3,(H,33,35). The van der Waals surface area contributed by atoms with Crippen LogP contribution in [0.15, 0.2) is 65.0 Å². The normalized spacial score (nSPS) is 18.6. The highest BCUT2D eigenvalue weighted by Crippen LogP contribution is 2.51. The third-order valence-corrected chi connectivity index (χ3v) is 8.89. The molecule has 15 heteroatoms. The largest absolute Gasteiger partial charge is 0.355 e. The molecule has 2 aliphatic carbocycles. The van der Waals surface area contributed by atoms with Gasteiger partial charge in [-0.05, 0) is 83.3 Å². The molecule has 1 aromatic carbocycles. The van der Waals surface area contributed by atoms with E-state index in [9.17, 15) is 13.2 Å². The van der Waals surface area contributed by atoms with Crippen LogP contribution in [-0.4, -0.2) is 49.1 Å². The summed E-state index contributed by atoms with van der Waals surface area (Å²) in [6.45, 7) is -0.330. The van der Waals surface area contributed by atoms with Crippen molar-refractivity contribution < 1.29 is 35.6 Å². The fourth-order valence-corrected chi connectivity index (χ4v) is 5.90. The summed E-state index contributed by atoms with van der Waals surface area (Å²) in [4.78, 5) is 19.9. The van der Waals surface area contributed by atoms with Crippen molar-refractivity contribution in [3.05, 3.63) is 79.1 Å². The van der Waals surface area contributed by atoms with Crippen LogP contribution in [0.2, 0.25) is 5.02 Å². The molecule has 1 aromatic heterocycles. The number of nitrogens with one attached hydrogen (secondary N) is 2. The van der Waals surface area contributed by atoms with Gasteiger partial charge in [0.05, 0.1) is 22.9 Å². The maximum atomic E-state index is 15.6. The van der Waals surface area contributed by atoms with Gasteiger partial charge in [-0.15, -0.1) is 0 Å². The Morgan fingerprint density at radius 1 is 1.18 bits per heavy atom. The van der Waals surface area contributed by atoms with Crippen LogP contribution in [-0.2, 0) is 26.2 Å². The topological polar surface area (TPSA) is 101 Å². The quantitative estimate of drug-likeness (QED) is 0.204. The molecule has 1 heterocycles. The molecule has 39 heavy (non-hydrogen) atoms. The molecular formula is C24H22ClF4IN4O4S. The zero-order valence-corrected chi connectivity index (χ0v) is 24.0. The lowest BCUT2D eigenvalue weighted by molar-refractivity contribution is -0.159. The summed E-state index contributed by atoms with van der Waals surface area (Å²) in [7, 11) is -4.24. The van der Waals surface area contributed by atoms with Crippen molar-refractivity contribution >= 4 is 55.8 Å². The molecule has 0 radical (unpaired) electrons. The van der Waals surface area contributed by atoms with E-state index < -0.39 is 50.5 Å². The number of carbonyl (C=O) groups excluding carboxylic acids is 1. The van der Waals surface area contributed by atoms with Gasteiger partial charge in [0.2, 0.25) is 10.0 Å². The van der Waals surface area contributed by atoms with Crippen LogP contribution in [0.3, 0.4) is 0 Å². The van der Waals surface area contributed by atoms with Crippen LogP contribution in [0.1, 0.15) is 18.4 Å².